The van der Waals surface area contributed by atoms with E-state index in [4.69, 9.17) is 14.9 Å². The Kier molecular flexibility index (Phi) is 4.15. The molecule has 1 aromatic heterocycles. The minimum absolute atomic E-state index is 0.155. The van der Waals surface area contributed by atoms with Crippen LogP contribution in [0.15, 0.2) is 16.5 Å². The molecule has 4 atom stereocenters. The summed E-state index contributed by atoms with van der Waals surface area (Å²) in [7, 11) is 2.11. The summed E-state index contributed by atoms with van der Waals surface area (Å²) in [6, 6.07) is 4.39. The summed E-state index contributed by atoms with van der Waals surface area (Å²) in [6.45, 7) is 4.68. The number of hydrogen-bond donors (Lipinski definition) is 1. The third-order valence-corrected chi connectivity index (χ3v) is 4.72. The van der Waals surface area contributed by atoms with E-state index >= 15 is 0 Å². The molecule has 0 bridgehead atoms. The van der Waals surface area contributed by atoms with Gasteiger partial charge in [-0.2, -0.15) is 0 Å². The van der Waals surface area contributed by atoms with Crippen molar-refractivity contribution in [2.75, 3.05) is 26.7 Å². The highest BCUT2D eigenvalue weighted by Gasteiger charge is 2.37. The number of ether oxygens (including phenoxy) is 1. The van der Waals surface area contributed by atoms with Crippen LogP contribution in [-0.4, -0.2) is 37.7 Å². The largest absolute Gasteiger partial charge is 0.464 e. The first-order valence-corrected chi connectivity index (χ1v) is 7.80. The summed E-state index contributed by atoms with van der Waals surface area (Å²) in [6.07, 6.45) is 3.94. The molecule has 3 rings (SSSR count). The number of nitrogens with zero attached hydrogens (tertiary/aromatic N) is 1. The van der Waals surface area contributed by atoms with E-state index in [1.807, 2.05) is 0 Å². The summed E-state index contributed by atoms with van der Waals surface area (Å²) in [4.78, 5) is 2.27. The van der Waals surface area contributed by atoms with E-state index in [1.165, 1.54) is 12.8 Å². The van der Waals surface area contributed by atoms with Gasteiger partial charge in [-0.05, 0) is 44.4 Å². The van der Waals surface area contributed by atoms with Crippen molar-refractivity contribution in [1.82, 2.24) is 4.90 Å². The van der Waals surface area contributed by atoms with Gasteiger partial charge in [0.25, 0.3) is 0 Å². The summed E-state index contributed by atoms with van der Waals surface area (Å²) >= 11 is 0. The second kappa shape index (κ2) is 5.88. The van der Waals surface area contributed by atoms with Crippen molar-refractivity contribution in [2.24, 2.45) is 11.7 Å². The van der Waals surface area contributed by atoms with Crippen LogP contribution in [0.1, 0.15) is 49.7 Å². The molecule has 0 amide bonds. The van der Waals surface area contributed by atoms with Gasteiger partial charge in [-0.1, -0.05) is 6.92 Å². The highest BCUT2D eigenvalue weighted by molar-refractivity contribution is 5.19. The van der Waals surface area contributed by atoms with E-state index < -0.39 is 0 Å². The van der Waals surface area contributed by atoms with Gasteiger partial charge in [0.15, 0.2) is 0 Å². The fraction of sp³-hybridized carbons (Fsp3) is 0.750. The molecule has 1 saturated carbocycles. The van der Waals surface area contributed by atoms with Crippen molar-refractivity contribution in [3.8, 4) is 0 Å². The molecule has 4 nitrogen and oxygen atoms in total. The van der Waals surface area contributed by atoms with Gasteiger partial charge in [0.2, 0.25) is 0 Å². The van der Waals surface area contributed by atoms with E-state index in [2.05, 4.69) is 31.0 Å². The molecule has 0 radical (unpaired) electrons. The van der Waals surface area contributed by atoms with Crippen molar-refractivity contribution < 1.29 is 9.15 Å². The zero-order valence-corrected chi connectivity index (χ0v) is 12.5. The lowest BCUT2D eigenvalue weighted by Crippen LogP contribution is -2.35. The summed E-state index contributed by atoms with van der Waals surface area (Å²) in [5.41, 5.74) is 5.97. The highest BCUT2D eigenvalue weighted by atomic mass is 16.5. The Balaban J connectivity index is 1.63. The van der Waals surface area contributed by atoms with Crippen LogP contribution in [0.2, 0.25) is 0 Å². The number of nitrogens with two attached hydrogens (primary N) is 1. The van der Waals surface area contributed by atoms with E-state index in [1.54, 1.807) is 0 Å². The lowest BCUT2D eigenvalue weighted by molar-refractivity contribution is 0.0653. The molecule has 4 unspecified atom stereocenters. The quantitative estimate of drug-likeness (QED) is 0.868. The van der Waals surface area contributed by atoms with E-state index in [-0.39, 0.29) is 6.04 Å². The first kappa shape index (κ1) is 14.1. The standard InChI is InChI=1S/C16H26N2O2/c1-11-8-13(11)15-5-6-16(20-15)14(9-17)18(2)10-12-4-3-7-19-12/h5-6,11-14H,3-4,7-10,17H2,1-2H3. The fourth-order valence-corrected chi connectivity index (χ4v) is 3.22. The predicted molar refractivity (Wildman–Crippen MR) is 78.6 cm³/mol. The third kappa shape index (κ3) is 2.92. The average molecular weight is 278 g/mol. The summed E-state index contributed by atoms with van der Waals surface area (Å²) < 4.78 is 11.8. The Morgan fingerprint density at radius 3 is 2.85 bits per heavy atom. The third-order valence-electron chi connectivity index (χ3n) is 4.72. The lowest BCUT2D eigenvalue weighted by atomic mass is 10.1. The first-order valence-electron chi connectivity index (χ1n) is 7.80. The molecule has 1 saturated heterocycles. The van der Waals surface area contributed by atoms with Gasteiger partial charge in [-0.25, -0.2) is 0 Å². The van der Waals surface area contributed by atoms with Gasteiger partial charge >= 0.3 is 0 Å². The molecule has 0 aromatic carbocycles. The Bertz CT molecular complexity index is 439. The van der Waals surface area contributed by atoms with Crippen molar-refractivity contribution >= 4 is 0 Å². The Hall–Kier alpha value is -0.840. The van der Waals surface area contributed by atoms with Crippen LogP contribution in [0.3, 0.4) is 0 Å². The van der Waals surface area contributed by atoms with E-state index in [0.29, 0.717) is 18.6 Å². The van der Waals surface area contributed by atoms with Gasteiger partial charge in [0.1, 0.15) is 11.5 Å². The van der Waals surface area contributed by atoms with Gasteiger partial charge in [-0.3, -0.25) is 4.90 Å². The highest BCUT2D eigenvalue weighted by Crippen LogP contribution is 2.47. The molecule has 20 heavy (non-hydrogen) atoms. The van der Waals surface area contributed by atoms with Crippen LogP contribution >= 0.6 is 0 Å². The molecule has 1 aliphatic heterocycles. The van der Waals surface area contributed by atoms with Gasteiger partial charge in [-0.15, -0.1) is 0 Å². The minimum Gasteiger partial charge on any atom is -0.464 e. The number of likely N-dealkylation sites (N-methyl/N-ethyl adjacent to an activating group) is 1. The SMILES string of the molecule is CC1CC1c1ccc(C(CN)N(C)CC2CCCO2)o1. The van der Waals surface area contributed by atoms with E-state index in [9.17, 15) is 0 Å². The fourth-order valence-electron chi connectivity index (χ4n) is 3.22. The molecule has 2 aliphatic rings. The number of rotatable bonds is 6. The number of furan rings is 1. The molecule has 1 aromatic rings. The zero-order chi connectivity index (χ0) is 14.1. The summed E-state index contributed by atoms with van der Waals surface area (Å²) in [5.74, 6) is 3.54. The maximum Gasteiger partial charge on any atom is 0.122 e. The number of hydrogen-bond acceptors (Lipinski definition) is 4. The van der Waals surface area contributed by atoms with Crippen molar-refractivity contribution in [3.63, 3.8) is 0 Å². The van der Waals surface area contributed by atoms with Gasteiger partial charge in [0, 0.05) is 25.6 Å². The molecule has 0 spiro atoms. The molecule has 4 heteroatoms. The molecule has 2 N–H and O–H groups in total. The van der Waals surface area contributed by atoms with Crippen LogP contribution in [0.25, 0.3) is 0 Å². The molecule has 2 fully saturated rings. The van der Waals surface area contributed by atoms with Crippen molar-refractivity contribution in [1.29, 1.82) is 0 Å². The Labute approximate surface area is 121 Å². The van der Waals surface area contributed by atoms with Crippen LogP contribution in [0, 0.1) is 5.92 Å². The van der Waals surface area contributed by atoms with Gasteiger partial charge < -0.3 is 14.9 Å². The maximum absolute atomic E-state index is 6.05. The smallest absolute Gasteiger partial charge is 0.122 e. The van der Waals surface area contributed by atoms with Crippen molar-refractivity contribution in [3.05, 3.63) is 23.7 Å². The lowest BCUT2D eigenvalue weighted by Gasteiger charge is -2.27. The zero-order valence-electron chi connectivity index (χ0n) is 12.5. The summed E-state index contributed by atoms with van der Waals surface area (Å²) in [5, 5.41) is 0. The Morgan fingerprint density at radius 2 is 2.25 bits per heavy atom. The predicted octanol–water partition coefficient (Wildman–Crippen LogP) is 2.51. The maximum atomic E-state index is 6.05. The monoisotopic (exact) mass is 278 g/mol. The molecule has 2 heterocycles. The average Bonchev–Trinajstić information content (AvgIpc) is 2.88. The first-order chi connectivity index (χ1) is 9.69. The van der Waals surface area contributed by atoms with Crippen molar-refractivity contribution in [2.45, 2.75) is 44.2 Å². The van der Waals surface area contributed by atoms with Crippen LogP contribution in [0.4, 0.5) is 0 Å². The van der Waals surface area contributed by atoms with Crippen LogP contribution < -0.4 is 5.73 Å². The van der Waals surface area contributed by atoms with Crippen LogP contribution in [-0.2, 0) is 4.74 Å². The molecular weight excluding hydrogens is 252 g/mol. The molecule has 1 aliphatic carbocycles. The second-order valence-corrected chi connectivity index (χ2v) is 6.39. The normalized spacial score (nSPS) is 30.9. The van der Waals surface area contributed by atoms with Gasteiger partial charge in [0.05, 0.1) is 12.1 Å². The molecule has 112 valence electrons. The van der Waals surface area contributed by atoms with Crippen LogP contribution in [0.5, 0.6) is 0 Å². The Morgan fingerprint density at radius 1 is 1.45 bits per heavy atom. The minimum atomic E-state index is 0.155. The topological polar surface area (TPSA) is 51.6 Å². The molecular formula is C16H26N2O2. The van der Waals surface area contributed by atoms with E-state index in [0.717, 1.165) is 37.0 Å². The second-order valence-electron chi connectivity index (χ2n) is 6.39.